The number of carbonyl (C=O) groups is 1. The average Bonchev–Trinajstić information content (AvgIpc) is 3.22. The lowest BCUT2D eigenvalue weighted by Crippen LogP contribution is -2.38. The third-order valence-corrected chi connectivity index (χ3v) is 7.99. The van der Waals surface area contributed by atoms with E-state index in [2.05, 4.69) is 22.8 Å². The summed E-state index contributed by atoms with van der Waals surface area (Å²) in [6.45, 7) is 3.71. The first-order chi connectivity index (χ1) is 15.0. The molecule has 0 spiro atoms. The Kier molecular flexibility index (Phi) is 6.39. The molecule has 1 atom stereocenters. The number of Topliss-reactive ketones (excluding diaryl/α,β-unsaturated/α-hetero) is 1. The van der Waals surface area contributed by atoms with Crippen LogP contribution in [0.1, 0.15) is 30.7 Å². The number of halogens is 2. The molecule has 2 aromatic rings. The van der Waals surface area contributed by atoms with E-state index in [9.17, 15) is 10.1 Å². The maximum Gasteiger partial charge on any atom is 0.219 e. The predicted octanol–water partition coefficient (Wildman–Crippen LogP) is 5.43. The van der Waals surface area contributed by atoms with E-state index in [1.807, 2.05) is 0 Å². The number of rotatable bonds is 5. The summed E-state index contributed by atoms with van der Waals surface area (Å²) in [5.74, 6) is 0.232. The lowest BCUT2D eigenvalue weighted by atomic mass is 9.76. The zero-order valence-corrected chi connectivity index (χ0v) is 19.4. The topological polar surface area (TPSA) is 95.9 Å². The molecule has 2 N–H and O–H groups in total. The highest BCUT2D eigenvalue weighted by atomic mass is 35.5. The summed E-state index contributed by atoms with van der Waals surface area (Å²) < 4.78 is 0.755. The first-order valence-corrected chi connectivity index (χ1v) is 12.0. The fraction of sp³-hybridized carbons (Fsp3) is 0.238. The highest BCUT2D eigenvalue weighted by Crippen LogP contribution is 2.49. The van der Waals surface area contributed by atoms with Crippen molar-refractivity contribution in [3.8, 4) is 6.07 Å². The Morgan fingerprint density at radius 3 is 2.94 bits per heavy atom. The van der Waals surface area contributed by atoms with Crippen LogP contribution in [0.15, 0.2) is 57.9 Å². The molecule has 6 nitrogen and oxygen atoms in total. The van der Waals surface area contributed by atoms with Gasteiger partial charge in [-0.05, 0) is 24.5 Å². The van der Waals surface area contributed by atoms with E-state index < -0.39 is 5.92 Å². The van der Waals surface area contributed by atoms with E-state index in [0.29, 0.717) is 51.3 Å². The van der Waals surface area contributed by atoms with E-state index in [4.69, 9.17) is 28.9 Å². The van der Waals surface area contributed by atoms with Gasteiger partial charge in [-0.25, -0.2) is 0 Å². The van der Waals surface area contributed by atoms with Crippen molar-refractivity contribution in [3.63, 3.8) is 0 Å². The number of benzene rings is 1. The lowest BCUT2D eigenvalue weighted by molar-refractivity contribution is -0.116. The van der Waals surface area contributed by atoms with Gasteiger partial charge in [-0.1, -0.05) is 64.5 Å². The van der Waals surface area contributed by atoms with Crippen molar-refractivity contribution in [2.75, 3.05) is 10.7 Å². The number of allylic oxidation sites excluding steroid dienone is 3. The molecule has 0 radical (unpaired) electrons. The van der Waals surface area contributed by atoms with Gasteiger partial charge in [0.15, 0.2) is 10.1 Å². The molecule has 1 aliphatic heterocycles. The first kappa shape index (κ1) is 21.9. The number of ketones is 1. The van der Waals surface area contributed by atoms with Crippen LogP contribution >= 0.6 is 46.3 Å². The number of nitriles is 1. The molecule has 1 aromatic carbocycles. The molecule has 0 saturated carbocycles. The van der Waals surface area contributed by atoms with E-state index in [1.54, 1.807) is 29.2 Å². The van der Waals surface area contributed by atoms with E-state index in [0.717, 1.165) is 10.0 Å². The quantitative estimate of drug-likeness (QED) is 0.441. The number of hydrogen-bond acceptors (Lipinski definition) is 8. The van der Waals surface area contributed by atoms with E-state index in [-0.39, 0.29) is 17.2 Å². The second-order valence-electron chi connectivity index (χ2n) is 6.91. The Balaban J connectivity index is 1.91. The minimum Gasteiger partial charge on any atom is -0.384 e. The molecule has 1 aliphatic carbocycles. The number of aromatic nitrogens is 2. The zero-order valence-electron chi connectivity index (χ0n) is 16.3. The number of nitrogens with two attached hydrogens (primary N) is 1. The van der Waals surface area contributed by atoms with Crippen molar-refractivity contribution in [3.05, 3.63) is 69.1 Å². The summed E-state index contributed by atoms with van der Waals surface area (Å²) in [6, 6.07) is 7.41. The summed E-state index contributed by atoms with van der Waals surface area (Å²) in [5, 5.41) is 19.7. The van der Waals surface area contributed by atoms with Gasteiger partial charge in [0, 0.05) is 23.4 Å². The summed E-state index contributed by atoms with van der Waals surface area (Å²) in [5.41, 5.74) is 8.62. The molecule has 0 bridgehead atoms. The van der Waals surface area contributed by atoms with Crippen LogP contribution in [0.3, 0.4) is 0 Å². The van der Waals surface area contributed by atoms with Crippen LogP contribution in [0.25, 0.3) is 0 Å². The van der Waals surface area contributed by atoms with Crippen LogP contribution in [-0.4, -0.2) is 21.7 Å². The molecule has 1 unspecified atom stereocenters. The number of thioether (sulfide) groups is 1. The van der Waals surface area contributed by atoms with Crippen LogP contribution in [0.2, 0.25) is 10.0 Å². The van der Waals surface area contributed by atoms with Crippen LogP contribution in [-0.2, 0) is 4.79 Å². The first-order valence-electron chi connectivity index (χ1n) is 9.45. The molecule has 0 saturated heterocycles. The monoisotopic (exact) mass is 489 g/mol. The van der Waals surface area contributed by atoms with Crippen LogP contribution < -0.4 is 10.6 Å². The van der Waals surface area contributed by atoms with Crippen molar-refractivity contribution >= 4 is 57.2 Å². The smallest absolute Gasteiger partial charge is 0.219 e. The normalized spacial score (nSPS) is 18.8. The molecule has 158 valence electrons. The number of hydrogen-bond donors (Lipinski definition) is 1. The average molecular weight is 490 g/mol. The molecular weight excluding hydrogens is 473 g/mol. The van der Waals surface area contributed by atoms with Crippen LogP contribution in [0.4, 0.5) is 5.13 Å². The van der Waals surface area contributed by atoms with Gasteiger partial charge in [-0.2, -0.15) is 5.26 Å². The third kappa shape index (κ3) is 3.87. The van der Waals surface area contributed by atoms with Gasteiger partial charge >= 0.3 is 0 Å². The summed E-state index contributed by atoms with van der Waals surface area (Å²) in [7, 11) is 0. The molecule has 0 amide bonds. The zero-order chi connectivity index (χ0) is 22.1. The fourth-order valence-electron chi connectivity index (χ4n) is 3.84. The molecule has 1 aromatic heterocycles. The molecule has 2 aliphatic rings. The Bertz CT molecular complexity index is 1180. The summed E-state index contributed by atoms with van der Waals surface area (Å²) in [4.78, 5) is 14.8. The maximum atomic E-state index is 13.1. The largest absolute Gasteiger partial charge is 0.384 e. The molecule has 10 heteroatoms. The lowest BCUT2D eigenvalue weighted by Gasteiger charge is -2.38. The molecular formula is C21H17Cl2N5OS2. The van der Waals surface area contributed by atoms with Gasteiger partial charge in [0.05, 0.1) is 27.6 Å². The number of nitrogens with zero attached hydrogens (tertiary/aromatic N) is 4. The van der Waals surface area contributed by atoms with Crippen molar-refractivity contribution in [1.82, 2.24) is 10.2 Å². The van der Waals surface area contributed by atoms with Crippen LogP contribution in [0, 0.1) is 11.3 Å². The maximum absolute atomic E-state index is 13.1. The number of carbonyl (C=O) groups excluding carboxylic acids is 1. The Labute approximate surface area is 198 Å². The third-order valence-electron chi connectivity index (χ3n) is 5.12. The fourth-order valence-corrected chi connectivity index (χ4v) is 5.90. The van der Waals surface area contributed by atoms with Crippen molar-refractivity contribution in [1.29, 1.82) is 5.26 Å². The second-order valence-corrected chi connectivity index (χ2v) is 9.92. The van der Waals surface area contributed by atoms with Gasteiger partial charge < -0.3 is 5.73 Å². The van der Waals surface area contributed by atoms with Gasteiger partial charge in [-0.3, -0.25) is 9.69 Å². The van der Waals surface area contributed by atoms with E-state index >= 15 is 0 Å². The van der Waals surface area contributed by atoms with Crippen LogP contribution in [0.5, 0.6) is 0 Å². The van der Waals surface area contributed by atoms with Crippen molar-refractivity contribution in [2.24, 2.45) is 5.73 Å². The van der Waals surface area contributed by atoms with Crippen molar-refractivity contribution < 1.29 is 4.79 Å². The van der Waals surface area contributed by atoms with Gasteiger partial charge in [-0.15, -0.1) is 16.8 Å². The summed E-state index contributed by atoms with van der Waals surface area (Å²) in [6.07, 6.45) is 3.51. The van der Waals surface area contributed by atoms with Gasteiger partial charge in [0.25, 0.3) is 0 Å². The van der Waals surface area contributed by atoms with Crippen molar-refractivity contribution in [2.45, 2.75) is 29.5 Å². The standard InChI is InChI=1S/C21H17Cl2N5OS2/c1-2-9-30-21-27-26-20(31-21)28-14-7-4-8-15(29)17(14)16(12(10-24)19(28)25)11-5-3-6-13(22)18(11)23/h2-3,5-6,16H,1,4,7-9,25H2. The Morgan fingerprint density at radius 1 is 1.39 bits per heavy atom. The molecule has 2 heterocycles. The predicted molar refractivity (Wildman–Crippen MR) is 125 cm³/mol. The second kappa shape index (κ2) is 9.05. The van der Waals surface area contributed by atoms with Gasteiger partial charge in [0.1, 0.15) is 5.82 Å². The highest BCUT2D eigenvalue weighted by molar-refractivity contribution is 8.01. The minimum absolute atomic E-state index is 0.0293. The molecule has 4 rings (SSSR count). The summed E-state index contributed by atoms with van der Waals surface area (Å²) >= 11 is 15.6. The Hall–Kier alpha value is -2.31. The Morgan fingerprint density at radius 2 is 2.19 bits per heavy atom. The molecule has 31 heavy (non-hydrogen) atoms. The van der Waals surface area contributed by atoms with E-state index in [1.165, 1.54) is 23.1 Å². The molecule has 0 fully saturated rings. The van der Waals surface area contributed by atoms with Gasteiger partial charge in [0.2, 0.25) is 5.13 Å². The highest BCUT2D eigenvalue weighted by Gasteiger charge is 2.42. The minimum atomic E-state index is -0.669. The number of anilines is 1. The SMILES string of the molecule is C=CCSc1nnc(N2C(N)=C(C#N)C(c3cccc(Cl)c3Cl)C3=C2CCCC3=O)s1.